The molecule has 4 saturated carbocycles. The second-order valence-electron chi connectivity index (χ2n) is 10.1. The van der Waals surface area contributed by atoms with Gasteiger partial charge in [-0.05, 0) is 111 Å². The second-order valence-corrected chi connectivity index (χ2v) is 10.4. The Morgan fingerprint density at radius 3 is 2.35 bits per heavy atom. The number of carbonyl (C=O) groups is 1. The van der Waals surface area contributed by atoms with Gasteiger partial charge in [-0.3, -0.25) is 4.79 Å². The molecule has 4 aliphatic carbocycles. The minimum Gasteiger partial charge on any atom is -0.441 e. The average Bonchev–Trinajstić information content (AvgIpc) is 2.82. The van der Waals surface area contributed by atoms with Gasteiger partial charge in [-0.25, -0.2) is 0 Å². The number of hydrogen-bond acceptors (Lipinski definition) is 4. The van der Waals surface area contributed by atoms with Gasteiger partial charge < -0.3 is 14.2 Å². The van der Waals surface area contributed by atoms with Gasteiger partial charge in [0, 0.05) is 29.4 Å². The Balaban J connectivity index is 1.54. The molecule has 0 aliphatic heterocycles. The number of benzene rings is 2. The highest BCUT2D eigenvalue weighted by atomic mass is 35.5. The molecule has 0 heterocycles. The molecule has 0 saturated heterocycles. The summed E-state index contributed by atoms with van der Waals surface area (Å²) < 4.78 is 17.3. The number of hydrogen-bond donors (Lipinski definition) is 0. The van der Waals surface area contributed by atoms with Crippen LogP contribution in [-0.4, -0.2) is 25.4 Å². The number of carbonyl (C=O) groups excluding carboxylic acids is 1. The minimum atomic E-state index is -0.740. The predicted octanol–water partition coefficient (Wildman–Crippen LogP) is 6.28. The Morgan fingerprint density at radius 1 is 1.06 bits per heavy atom. The van der Waals surface area contributed by atoms with Crippen molar-refractivity contribution in [2.75, 3.05) is 13.7 Å². The second kappa shape index (κ2) is 9.74. The third-order valence-electron chi connectivity index (χ3n) is 7.79. The molecule has 0 radical (unpaired) electrons. The molecule has 0 N–H and O–H groups in total. The van der Waals surface area contributed by atoms with Crippen LogP contribution in [0.3, 0.4) is 0 Å². The fourth-order valence-electron chi connectivity index (χ4n) is 6.86. The van der Waals surface area contributed by atoms with Crippen LogP contribution in [-0.2, 0) is 14.9 Å². The van der Waals surface area contributed by atoms with Crippen LogP contribution >= 0.6 is 11.6 Å². The molecule has 0 aromatic heterocycles. The fourth-order valence-corrected chi connectivity index (χ4v) is 7.02. The smallest absolute Gasteiger partial charge is 0.315 e. The van der Waals surface area contributed by atoms with E-state index < -0.39 is 11.7 Å². The summed E-state index contributed by atoms with van der Waals surface area (Å²) >= 11 is 5.75. The first-order valence-corrected chi connectivity index (χ1v) is 12.6. The van der Waals surface area contributed by atoms with Crippen LogP contribution in [0.15, 0.2) is 42.5 Å². The third-order valence-corrected chi connectivity index (χ3v) is 7.99. The van der Waals surface area contributed by atoms with Crippen molar-refractivity contribution in [3.63, 3.8) is 0 Å². The monoisotopic (exact) mass is 478 g/mol. The maximum atomic E-state index is 11.8. The molecule has 0 amide bonds. The van der Waals surface area contributed by atoms with Crippen molar-refractivity contribution in [1.82, 2.24) is 0 Å². The Bertz CT molecular complexity index is 1090. The first-order chi connectivity index (χ1) is 16.5. The van der Waals surface area contributed by atoms with Crippen LogP contribution in [0.4, 0.5) is 0 Å². The Morgan fingerprint density at radius 2 is 1.74 bits per heavy atom. The lowest BCUT2D eigenvalue weighted by atomic mass is 9.48. The van der Waals surface area contributed by atoms with E-state index >= 15 is 0 Å². The van der Waals surface area contributed by atoms with Crippen LogP contribution < -0.4 is 4.74 Å². The number of halogens is 1. The molecule has 4 fully saturated rings. The molecule has 5 heteroatoms. The van der Waals surface area contributed by atoms with E-state index in [0.717, 1.165) is 29.1 Å². The molecule has 1 atom stereocenters. The molecule has 2 aromatic carbocycles. The van der Waals surface area contributed by atoms with Gasteiger partial charge >= 0.3 is 6.48 Å². The van der Waals surface area contributed by atoms with Crippen molar-refractivity contribution in [3.8, 4) is 17.6 Å². The molecule has 0 spiro atoms. The largest absolute Gasteiger partial charge is 0.441 e. The molecular weight excluding hydrogens is 448 g/mol. The number of methoxy groups -OCH3 is 1. The lowest BCUT2D eigenvalue weighted by molar-refractivity contribution is -0.231. The molecule has 34 heavy (non-hydrogen) atoms. The maximum absolute atomic E-state index is 11.8. The summed E-state index contributed by atoms with van der Waals surface area (Å²) in [5.74, 6) is 9.67. The molecular formula is C29H31ClO4. The van der Waals surface area contributed by atoms with E-state index in [4.69, 9.17) is 25.8 Å². The van der Waals surface area contributed by atoms with Gasteiger partial charge in [0.2, 0.25) is 0 Å². The Labute approximate surface area is 206 Å². The Hall–Kier alpha value is -2.32. The highest BCUT2D eigenvalue weighted by Crippen LogP contribution is 2.62. The van der Waals surface area contributed by atoms with Gasteiger partial charge in [-0.1, -0.05) is 24.0 Å². The van der Waals surface area contributed by atoms with Crippen molar-refractivity contribution >= 4 is 16.8 Å². The van der Waals surface area contributed by atoms with E-state index in [9.17, 15) is 4.79 Å². The summed E-state index contributed by atoms with van der Waals surface area (Å²) in [6.07, 6.45) is 7.75. The van der Waals surface area contributed by atoms with E-state index in [0.29, 0.717) is 17.7 Å². The first kappa shape index (κ1) is 23.4. The summed E-state index contributed by atoms with van der Waals surface area (Å²) in [5.41, 5.74) is 3.31. The zero-order chi connectivity index (χ0) is 23.7. The van der Waals surface area contributed by atoms with Crippen LogP contribution in [0.2, 0.25) is 0 Å². The van der Waals surface area contributed by atoms with Crippen LogP contribution in [0, 0.1) is 29.6 Å². The fraction of sp³-hybridized carbons (Fsp3) is 0.483. The van der Waals surface area contributed by atoms with Crippen molar-refractivity contribution in [1.29, 1.82) is 0 Å². The van der Waals surface area contributed by atoms with E-state index in [1.165, 1.54) is 44.1 Å². The van der Waals surface area contributed by atoms with Gasteiger partial charge in [0.15, 0.2) is 0 Å². The molecule has 6 rings (SSSR count). The third kappa shape index (κ3) is 4.62. The summed E-state index contributed by atoms with van der Waals surface area (Å²) in [5, 5.41) is -0.496. The summed E-state index contributed by atoms with van der Waals surface area (Å²) in [4.78, 5) is 11.8. The quantitative estimate of drug-likeness (QED) is 0.267. The van der Waals surface area contributed by atoms with Crippen molar-refractivity contribution < 1.29 is 19.0 Å². The first-order valence-electron chi connectivity index (χ1n) is 12.3. The van der Waals surface area contributed by atoms with Crippen LogP contribution in [0.5, 0.6) is 5.75 Å². The van der Waals surface area contributed by atoms with Gasteiger partial charge in [0.05, 0.1) is 6.61 Å². The number of ether oxygens (including phenoxy) is 3. The molecule has 4 aliphatic rings. The van der Waals surface area contributed by atoms with E-state index in [2.05, 4.69) is 17.9 Å². The lowest BCUT2D eigenvalue weighted by Gasteiger charge is -2.57. The molecule has 2 aromatic rings. The van der Waals surface area contributed by atoms with Crippen LogP contribution in [0.1, 0.15) is 72.5 Å². The normalized spacial score (nSPS) is 27.7. The van der Waals surface area contributed by atoms with Gasteiger partial charge in [0.1, 0.15) is 5.75 Å². The predicted molar refractivity (Wildman–Crippen MR) is 132 cm³/mol. The SMILES string of the molecule is CCOC(OC)Oc1ccc(C#Cc2ccccc2C(=O)Cl)cc1C12CC3CC(CC(C3)C1)C2. The summed E-state index contributed by atoms with van der Waals surface area (Å²) in [6.45, 7) is 1.70. The van der Waals surface area contributed by atoms with E-state index in [1.807, 2.05) is 31.2 Å². The zero-order valence-electron chi connectivity index (χ0n) is 19.8. The van der Waals surface area contributed by atoms with E-state index in [1.54, 1.807) is 19.2 Å². The summed E-state index contributed by atoms with van der Waals surface area (Å²) in [7, 11) is 1.60. The topological polar surface area (TPSA) is 44.8 Å². The minimum absolute atomic E-state index is 0.121. The summed E-state index contributed by atoms with van der Waals surface area (Å²) in [6, 6.07) is 13.4. The van der Waals surface area contributed by atoms with Crippen molar-refractivity contribution in [3.05, 3.63) is 64.7 Å². The standard InChI is InChI=1S/C29H31ClO4/c1-3-33-28(32-2)34-26-11-9-19(8-10-23-6-4-5-7-24(23)27(30)31)15-25(26)29-16-20-12-21(17-29)14-22(13-20)18-29/h4-7,9,11,15,20-22,28H,3,12-14,16-18H2,1-2H3. The average molecular weight is 479 g/mol. The molecule has 178 valence electrons. The van der Waals surface area contributed by atoms with Gasteiger partial charge in [0.25, 0.3) is 5.24 Å². The molecule has 4 bridgehead atoms. The highest BCUT2D eigenvalue weighted by Gasteiger charge is 2.52. The van der Waals surface area contributed by atoms with Crippen molar-refractivity contribution in [2.24, 2.45) is 17.8 Å². The maximum Gasteiger partial charge on any atom is 0.315 e. The van der Waals surface area contributed by atoms with Crippen LogP contribution in [0.25, 0.3) is 0 Å². The molecule has 1 unspecified atom stereocenters. The van der Waals surface area contributed by atoms with Gasteiger partial charge in [-0.2, -0.15) is 0 Å². The van der Waals surface area contributed by atoms with E-state index in [-0.39, 0.29) is 5.41 Å². The molecule has 4 nitrogen and oxygen atoms in total. The van der Waals surface area contributed by atoms with Crippen molar-refractivity contribution in [2.45, 2.75) is 57.3 Å². The van der Waals surface area contributed by atoms with Gasteiger partial charge in [-0.15, -0.1) is 0 Å². The Kier molecular flexibility index (Phi) is 6.71. The highest BCUT2D eigenvalue weighted by molar-refractivity contribution is 6.68. The zero-order valence-corrected chi connectivity index (χ0v) is 20.6. The number of rotatable bonds is 7. The lowest BCUT2D eigenvalue weighted by Crippen LogP contribution is -2.48.